The predicted molar refractivity (Wildman–Crippen MR) is 116 cm³/mol. The highest BCUT2D eigenvalue weighted by atomic mass is 32.1. The number of carbonyl (C=O) groups is 1. The van der Waals surface area contributed by atoms with Crippen LogP contribution in [0.4, 0.5) is 0 Å². The van der Waals surface area contributed by atoms with E-state index >= 15 is 0 Å². The summed E-state index contributed by atoms with van der Waals surface area (Å²) in [6, 6.07) is 16.8. The summed E-state index contributed by atoms with van der Waals surface area (Å²) in [5.74, 6) is -0.144. The van der Waals surface area contributed by atoms with Crippen LogP contribution in [-0.2, 0) is 6.54 Å². The Balaban J connectivity index is 1.52. The number of aromatic nitrogens is 3. The fourth-order valence-electron chi connectivity index (χ4n) is 2.84. The number of hydrogen-bond donors (Lipinski definition) is 1. The first-order valence-electron chi connectivity index (χ1n) is 9.05. The summed E-state index contributed by atoms with van der Waals surface area (Å²) in [7, 11) is 0. The third-order valence-corrected chi connectivity index (χ3v) is 6.37. The molecule has 0 atom stereocenters. The lowest BCUT2D eigenvalue weighted by Crippen LogP contribution is -2.31. The maximum atomic E-state index is 12.2. The number of thiophene rings is 1. The molecule has 4 rings (SSSR count). The molecule has 0 aliphatic rings. The van der Waals surface area contributed by atoms with Crippen molar-refractivity contribution < 1.29 is 4.79 Å². The molecule has 1 N–H and O–H groups in total. The van der Waals surface area contributed by atoms with Crippen molar-refractivity contribution >= 4 is 28.6 Å². The SMILES string of the molecule is Cc1nc(-c2ccccc2)sc1-c1ccc(=O)n(CCNC(=O)c2cccs2)n1. The zero-order chi connectivity index (χ0) is 20.2. The van der Waals surface area contributed by atoms with Crippen molar-refractivity contribution in [3.63, 3.8) is 0 Å². The largest absolute Gasteiger partial charge is 0.349 e. The smallest absolute Gasteiger partial charge is 0.266 e. The van der Waals surface area contributed by atoms with Gasteiger partial charge in [0.25, 0.3) is 11.5 Å². The van der Waals surface area contributed by atoms with Crippen LogP contribution in [0.15, 0.2) is 64.8 Å². The van der Waals surface area contributed by atoms with Gasteiger partial charge in [0.15, 0.2) is 0 Å². The summed E-state index contributed by atoms with van der Waals surface area (Å²) in [5.41, 5.74) is 2.42. The lowest BCUT2D eigenvalue weighted by atomic mass is 10.2. The molecule has 0 bridgehead atoms. The van der Waals surface area contributed by atoms with Gasteiger partial charge in [-0.1, -0.05) is 36.4 Å². The van der Waals surface area contributed by atoms with E-state index in [1.165, 1.54) is 22.1 Å². The minimum absolute atomic E-state index is 0.144. The quantitative estimate of drug-likeness (QED) is 0.512. The van der Waals surface area contributed by atoms with Gasteiger partial charge in [0.1, 0.15) is 10.7 Å². The monoisotopic (exact) mass is 422 g/mol. The van der Waals surface area contributed by atoms with Gasteiger partial charge < -0.3 is 5.32 Å². The molecule has 0 unspecified atom stereocenters. The number of thiazole rings is 1. The van der Waals surface area contributed by atoms with Crippen LogP contribution in [0.2, 0.25) is 0 Å². The Hall–Kier alpha value is -3.10. The average Bonchev–Trinajstić information content (AvgIpc) is 3.40. The molecule has 0 saturated carbocycles. The van der Waals surface area contributed by atoms with Gasteiger partial charge >= 0.3 is 0 Å². The van der Waals surface area contributed by atoms with Crippen LogP contribution in [0.5, 0.6) is 0 Å². The molecular formula is C21H18N4O2S2. The van der Waals surface area contributed by atoms with E-state index in [1.807, 2.05) is 48.7 Å². The zero-order valence-electron chi connectivity index (χ0n) is 15.7. The first-order valence-corrected chi connectivity index (χ1v) is 10.7. The van der Waals surface area contributed by atoms with E-state index in [1.54, 1.807) is 23.5 Å². The Morgan fingerprint density at radius 2 is 1.93 bits per heavy atom. The highest BCUT2D eigenvalue weighted by Gasteiger charge is 2.14. The van der Waals surface area contributed by atoms with E-state index in [2.05, 4.69) is 15.4 Å². The van der Waals surface area contributed by atoms with Crippen LogP contribution in [0, 0.1) is 6.92 Å². The Morgan fingerprint density at radius 1 is 1.10 bits per heavy atom. The van der Waals surface area contributed by atoms with Crippen molar-refractivity contribution in [2.45, 2.75) is 13.5 Å². The van der Waals surface area contributed by atoms with Crippen molar-refractivity contribution in [1.29, 1.82) is 0 Å². The normalized spacial score (nSPS) is 10.8. The summed E-state index contributed by atoms with van der Waals surface area (Å²) in [5, 5.41) is 10.1. The van der Waals surface area contributed by atoms with Crippen LogP contribution in [0.1, 0.15) is 15.4 Å². The summed E-state index contributed by atoms with van der Waals surface area (Å²) < 4.78 is 1.38. The molecular weight excluding hydrogens is 404 g/mol. The Kier molecular flexibility index (Phi) is 5.64. The minimum atomic E-state index is -0.204. The lowest BCUT2D eigenvalue weighted by molar-refractivity contribution is 0.0956. The first kappa shape index (κ1) is 19.2. The molecule has 0 spiro atoms. The molecule has 0 aliphatic carbocycles. The Labute approximate surface area is 175 Å². The number of nitrogens with zero attached hydrogens (tertiary/aromatic N) is 3. The number of aryl methyl sites for hydroxylation is 1. The molecule has 6 nitrogen and oxygen atoms in total. The maximum absolute atomic E-state index is 12.2. The number of hydrogen-bond acceptors (Lipinski definition) is 6. The van der Waals surface area contributed by atoms with E-state index in [9.17, 15) is 9.59 Å². The maximum Gasteiger partial charge on any atom is 0.266 e. The molecule has 146 valence electrons. The van der Waals surface area contributed by atoms with Gasteiger partial charge in [0, 0.05) is 18.2 Å². The van der Waals surface area contributed by atoms with Crippen LogP contribution in [-0.4, -0.2) is 27.2 Å². The number of nitrogens with one attached hydrogen (secondary N) is 1. The highest BCUT2D eigenvalue weighted by Crippen LogP contribution is 2.33. The van der Waals surface area contributed by atoms with Crippen molar-refractivity contribution in [3.8, 4) is 21.1 Å². The highest BCUT2D eigenvalue weighted by molar-refractivity contribution is 7.18. The molecule has 8 heteroatoms. The molecule has 0 aliphatic heterocycles. The van der Waals surface area contributed by atoms with E-state index in [0.717, 1.165) is 21.1 Å². The molecule has 0 fully saturated rings. The minimum Gasteiger partial charge on any atom is -0.349 e. The van der Waals surface area contributed by atoms with Gasteiger partial charge in [-0.15, -0.1) is 22.7 Å². The van der Waals surface area contributed by atoms with Crippen LogP contribution in [0.25, 0.3) is 21.1 Å². The van der Waals surface area contributed by atoms with Crippen LogP contribution in [0.3, 0.4) is 0 Å². The topological polar surface area (TPSA) is 76.9 Å². The summed E-state index contributed by atoms with van der Waals surface area (Å²) in [6.45, 7) is 2.56. The lowest BCUT2D eigenvalue weighted by Gasteiger charge is -2.07. The zero-order valence-corrected chi connectivity index (χ0v) is 17.3. The molecule has 1 aromatic carbocycles. The molecule has 3 aromatic heterocycles. The number of rotatable bonds is 6. The fourth-order valence-corrected chi connectivity index (χ4v) is 4.52. The third-order valence-electron chi connectivity index (χ3n) is 4.27. The number of carbonyl (C=O) groups excluding carboxylic acids is 1. The standard InChI is InChI=1S/C21H18N4O2S2/c1-14-19(29-21(23-14)15-6-3-2-4-7-15)16-9-10-18(26)25(24-16)12-11-22-20(27)17-8-5-13-28-17/h2-10,13H,11-12H2,1H3,(H,22,27). The van der Waals surface area contributed by atoms with Gasteiger partial charge in [0.2, 0.25) is 0 Å². The van der Waals surface area contributed by atoms with Gasteiger partial charge in [-0.2, -0.15) is 5.10 Å². The van der Waals surface area contributed by atoms with Crippen LogP contribution < -0.4 is 10.9 Å². The molecule has 1 amide bonds. The Morgan fingerprint density at radius 3 is 2.69 bits per heavy atom. The van der Waals surface area contributed by atoms with Crippen molar-refractivity contribution in [1.82, 2.24) is 20.1 Å². The second-order valence-electron chi connectivity index (χ2n) is 6.31. The second kappa shape index (κ2) is 8.50. The van der Waals surface area contributed by atoms with E-state index in [-0.39, 0.29) is 11.5 Å². The molecule has 3 heterocycles. The second-order valence-corrected chi connectivity index (χ2v) is 8.26. The molecule has 0 saturated heterocycles. The first-order chi connectivity index (χ1) is 14.1. The number of benzene rings is 1. The van der Waals surface area contributed by atoms with Gasteiger partial charge in [-0.05, 0) is 24.4 Å². The summed E-state index contributed by atoms with van der Waals surface area (Å²) in [6.07, 6.45) is 0. The fraction of sp³-hybridized carbons (Fsp3) is 0.143. The predicted octanol–water partition coefficient (Wildman–Crippen LogP) is 3.83. The molecule has 4 aromatic rings. The summed E-state index contributed by atoms with van der Waals surface area (Å²) >= 11 is 2.93. The molecule has 29 heavy (non-hydrogen) atoms. The van der Waals surface area contributed by atoms with Gasteiger partial charge in [-0.25, -0.2) is 9.67 Å². The van der Waals surface area contributed by atoms with Crippen molar-refractivity contribution in [3.05, 3.63) is 80.9 Å². The molecule has 0 radical (unpaired) electrons. The van der Waals surface area contributed by atoms with Gasteiger partial charge in [0.05, 0.1) is 22.0 Å². The Bertz CT molecular complexity index is 1180. The summed E-state index contributed by atoms with van der Waals surface area (Å²) in [4.78, 5) is 30.5. The van der Waals surface area contributed by atoms with E-state index in [4.69, 9.17) is 0 Å². The average molecular weight is 423 g/mol. The number of amides is 1. The van der Waals surface area contributed by atoms with E-state index in [0.29, 0.717) is 23.7 Å². The van der Waals surface area contributed by atoms with Crippen molar-refractivity contribution in [2.75, 3.05) is 6.54 Å². The van der Waals surface area contributed by atoms with E-state index < -0.39 is 0 Å². The third kappa shape index (κ3) is 4.33. The van der Waals surface area contributed by atoms with Gasteiger partial charge in [-0.3, -0.25) is 9.59 Å². The van der Waals surface area contributed by atoms with Crippen LogP contribution >= 0.6 is 22.7 Å². The van der Waals surface area contributed by atoms with Crippen molar-refractivity contribution in [2.24, 2.45) is 0 Å².